The van der Waals surface area contributed by atoms with Crippen molar-refractivity contribution in [3.05, 3.63) is 42.4 Å². The molecular formula is C13H13N3O. The molecular weight excluding hydrogens is 214 g/mol. The maximum Gasteiger partial charge on any atom is 0.145 e. The van der Waals surface area contributed by atoms with E-state index < -0.39 is 0 Å². The first kappa shape index (κ1) is 10.1. The molecule has 0 atom stereocenters. The first-order chi connectivity index (χ1) is 8.31. The molecule has 2 heterocycles. The zero-order valence-corrected chi connectivity index (χ0v) is 9.55. The molecule has 0 bridgehead atoms. The number of nitrogens with zero attached hydrogens (tertiary/aromatic N) is 2. The summed E-state index contributed by atoms with van der Waals surface area (Å²) in [6.45, 7) is 0.452. The zero-order valence-electron chi connectivity index (χ0n) is 9.55. The van der Waals surface area contributed by atoms with E-state index >= 15 is 0 Å². The van der Waals surface area contributed by atoms with Crippen molar-refractivity contribution in [3.63, 3.8) is 0 Å². The fourth-order valence-corrected chi connectivity index (χ4v) is 2.02. The Bertz CT molecular complexity index is 688. The second-order valence-electron chi connectivity index (χ2n) is 3.94. The third-order valence-corrected chi connectivity index (χ3v) is 2.91. The number of rotatable bonds is 2. The van der Waals surface area contributed by atoms with E-state index in [4.69, 9.17) is 10.5 Å². The van der Waals surface area contributed by atoms with Crippen molar-refractivity contribution in [2.75, 3.05) is 7.11 Å². The van der Waals surface area contributed by atoms with Gasteiger partial charge in [0, 0.05) is 24.3 Å². The van der Waals surface area contributed by atoms with E-state index in [1.165, 1.54) is 0 Å². The number of ether oxygens (including phenoxy) is 1. The van der Waals surface area contributed by atoms with Crippen LogP contribution in [0.25, 0.3) is 16.4 Å². The van der Waals surface area contributed by atoms with Crippen LogP contribution in [0.15, 0.2) is 36.7 Å². The van der Waals surface area contributed by atoms with E-state index in [1.54, 1.807) is 7.11 Å². The van der Waals surface area contributed by atoms with Gasteiger partial charge in [-0.3, -0.25) is 0 Å². The van der Waals surface area contributed by atoms with Crippen LogP contribution in [-0.4, -0.2) is 16.5 Å². The molecule has 0 aliphatic rings. The van der Waals surface area contributed by atoms with Gasteiger partial charge in [-0.15, -0.1) is 0 Å². The lowest BCUT2D eigenvalue weighted by atomic mass is 10.1. The standard InChI is InChI=1S/C13H13N3O/c1-17-11-3-2-9-4-5-16-8-10(7-14)15-13(16)12(9)6-11/h2-6,8H,7,14H2,1H3. The Labute approximate surface area is 98.6 Å². The van der Waals surface area contributed by atoms with Crippen LogP contribution in [0, 0.1) is 0 Å². The number of nitrogens with two attached hydrogens (primary N) is 1. The minimum absolute atomic E-state index is 0.452. The van der Waals surface area contributed by atoms with E-state index in [0.29, 0.717) is 6.54 Å². The van der Waals surface area contributed by atoms with Crippen LogP contribution in [0.5, 0.6) is 5.75 Å². The predicted octanol–water partition coefficient (Wildman–Crippen LogP) is 1.95. The molecule has 0 spiro atoms. The van der Waals surface area contributed by atoms with Gasteiger partial charge in [0.2, 0.25) is 0 Å². The molecule has 4 nitrogen and oxygen atoms in total. The highest BCUT2D eigenvalue weighted by atomic mass is 16.5. The molecule has 3 rings (SSSR count). The molecule has 2 aromatic heterocycles. The van der Waals surface area contributed by atoms with Crippen LogP contribution >= 0.6 is 0 Å². The Kier molecular flexibility index (Phi) is 2.23. The smallest absolute Gasteiger partial charge is 0.145 e. The molecule has 2 N–H and O–H groups in total. The van der Waals surface area contributed by atoms with E-state index in [9.17, 15) is 0 Å². The summed E-state index contributed by atoms with van der Waals surface area (Å²) in [5.41, 5.74) is 7.42. The van der Waals surface area contributed by atoms with Crippen LogP contribution in [0.4, 0.5) is 0 Å². The van der Waals surface area contributed by atoms with Gasteiger partial charge in [0.1, 0.15) is 11.4 Å². The van der Waals surface area contributed by atoms with Gasteiger partial charge in [-0.05, 0) is 23.6 Å². The minimum Gasteiger partial charge on any atom is -0.497 e. The van der Waals surface area contributed by atoms with E-state index in [1.807, 2.05) is 35.0 Å². The highest BCUT2D eigenvalue weighted by Crippen LogP contribution is 2.24. The third kappa shape index (κ3) is 1.54. The van der Waals surface area contributed by atoms with Crippen molar-refractivity contribution in [3.8, 4) is 5.75 Å². The van der Waals surface area contributed by atoms with Gasteiger partial charge in [-0.1, -0.05) is 6.07 Å². The summed E-state index contributed by atoms with van der Waals surface area (Å²) < 4.78 is 7.23. The fourth-order valence-electron chi connectivity index (χ4n) is 2.02. The molecule has 4 heteroatoms. The third-order valence-electron chi connectivity index (χ3n) is 2.91. The summed E-state index contributed by atoms with van der Waals surface area (Å²) in [5, 5.41) is 2.22. The van der Waals surface area contributed by atoms with Crippen molar-refractivity contribution in [1.29, 1.82) is 0 Å². The molecule has 86 valence electrons. The molecule has 17 heavy (non-hydrogen) atoms. The number of aromatic nitrogens is 2. The number of methoxy groups -OCH3 is 1. The monoisotopic (exact) mass is 227 g/mol. The molecule has 0 fully saturated rings. The number of benzene rings is 1. The first-order valence-electron chi connectivity index (χ1n) is 5.46. The van der Waals surface area contributed by atoms with Gasteiger partial charge in [-0.25, -0.2) is 4.98 Å². The summed E-state index contributed by atoms with van der Waals surface area (Å²) >= 11 is 0. The van der Waals surface area contributed by atoms with E-state index in [0.717, 1.165) is 27.9 Å². The van der Waals surface area contributed by atoms with Gasteiger partial charge in [0.15, 0.2) is 0 Å². The zero-order chi connectivity index (χ0) is 11.8. The normalized spacial score (nSPS) is 11.2. The largest absolute Gasteiger partial charge is 0.497 e. The molecule has 1 aromatic carbocycles. The summed E-state index contributed by atoms with van der Waals surface area (Å²) in [4.78, 5) is 4.52. The Hall–Kier alpha value is -2.07. The molecule has 0 radical (unpaired) electrons. The SMILES string of the molecule is COc1ccc2ccn3cc(CN)nc3c2c1. The summed E-state index contributed by atoms with van der Waals surface area (Å²) in [7, 11) is 1.66. The highest BCUT2D eigenvalue weighted by Gasteiger charge is 2.05. The van der Waals surface area contributed by atoms with Crippen molar-refractivity contribution < 1.29 is 4.74 Å². The topological polar surface area (TPSA) is 52.5 Å². The highest BCUT2D eigenvalue weighted by molar-refractivity contribution is 5.94. The summed E-state index contributed by atoms with van der Waals surface area (Å²) in [6.07, 6.45) is 3.95. The lowest BCUT2D eigenvalue weighted by Crippen LogP contribution is -1.95. The van der Waals surface area contributed by atoms with Crippen LogP contribution in [0.3, 0.4) is 0 Å². The number of pyridine rings is 1. The Morgan fingerprint density at radius 2 is 2.24 bits per heavy atom. The van der Waals surface area contributed by atoms with Gasteiger partial charge in [-0.2, -0.15) is 0 Å². The first-order valence-corrected chi connectivity index (χ1v) is 5.46. The molecule has 0 saturated heterocycles. The number of imidazole rings is 1. The summed E-state index contributed by atoms with van der Waals surface area (Å²) in [6, 6.07) is 8.04. The van der Waals surface area contributed by atoms with Crippen molar-refractivity contribution in [1.82, 2.24) is 9.38 Å². The van der Waals surface area contributed by atoms with Gasteiger partial charge in [0.25, 0.3) is 0 Å². The number of hydrogen-bond acceptors (Lipinski definition) is 3. The Balaban J connectivity index is 2.39. The average Bonchev–Trinajstić information content (AvgIpc) is 2.81. The van der Waals surface area contributed by atoms with Gasteiger partial charge < -0.3 is 14.9 Å². The lowest BCUT2D eigenvalue weighted by Gasteiger charge is -2.03. The molecule has 0 aliphatic heterocycles. The lowest BCUT2D eigenvalue weighted by molar-refractivity contribution is 0.415. The number of hydrogen-bond donors (Lipinski definition) is 1. The molecule has 0 unspecified atom stereocenters. The Morgan fingerprint density at radius 1 is 1.35 bits per heavy atom. The van der Waals surface area contributed by atoms with Crippen molar-refractivity contribution >= 4 is 16.4 Å². The van der Waals surface area contributed by atoms with Crippen molar-refractivity contribution in [2.24, 2.45) is 5.73 Å². The maximum atomic E-state index is 5.61. The fraction of sp³-hybridized carbons (Fsp3) is 0.154. The van der Waals surface area contributed by atoms with E-state index in [-0.39, 0.29) is 0 Å². The average molecular weight is 227 g/mol. The molecule has 0 aliphatic carbocycles. The van der Waals surface area contributed by atoms with Crippen molar-refractivity contribution in [2.45, 2.75) is 6.54 Å². The van der Waals surface area contributed by atoms with Crippen LogP contribution in [0.1, 0.15) is 5.69 Å². The quantitative estimate of drug-likeness (QED) is 0.728. The van der Waals surface area contributed by atoms with Gasteiger partial charge in [0.05, 0.1) is 12.8 Å². The van der Waals surface area contributed by atoms with Crippen LogP contribution in [-0.2, 0) is 6.54 Å². The molecule has 0 saturated carbocycles. The van der Waals surface area contributed by atoms with Crippen LogP contribution < -0.4 is 10.5 Å². The molecule has 0 amide bonds. The predicted molar refractivity (Wildman–Crippen MR) is 67.1 cm³/mol. The van der Waals surface area contributed by atoms with Gasteiger partial charge >= 0.3 is 0 Å². The summed E-state index contributed by atoms with van der Waals surface area (Å²) in [5.74, 6) is 0.836. The second-order valence-corrected chi connectivity index (χ2v) is 3.94. The van der Waals surface area contributed by atoms with Crippen LogP contribution in [0.2, 0.25) is 0 Å². The minimum atomic E-state index is 0.452. The second kappa shape index (κ2) is 3.75. The van der Waals surface area contributed by atoms with E-state index in [2.05, 4.69) is 11.1 Å². The number of fused-ring (bicyclic) bond motifs is 3. The maximum absolute atomic E-state index is 5.61. The Morgan fingerprint density at radius 3 is 3.00 bits per heavy atom. The molecule has 3 aromatic rings.